The minimum absolute atomic E-state index is 0.0494. The van der Waals surface area contributed by atoms with Crippen molar-refractivity contribution in [1.82, 2.24) is 15.1 Å². The number of aliphatic hydroxyl groups excluding tert-OH is 3. The number of benzene rings is 2. The third-order valence-electron chi connectivity index (χ3n) is 8.01. The van der Waals surface area contributed by atoms with Crippen LogP contribution in [0.5, 0.6) is 0 Å². The van der Waals surface area contributed by atoms with Gasteiger partial charge in [0.15, 0.2) is 0 Å². The van der Waals surface area contributed by atoms with E-state index in [4.69, 9.17) is 4.74 Å². The van der Waals surface area contributed by atoms with Crippen LogP contribution in [0.2, 0.25) is 0 Å². The summed E-state index contributed by atoms with van der Waals surface area (Å²) in [5.41, 5.74) is 4.58. The van der Waals surface area contributed by atoms with Crippen LogP contribution >= 0.6 is 11.8 Å². The number of carbonyl (C=O) groups excluding carboxylic acids is 3. The first-order valence-corrected chi connectivity index (χ1v) is 15.5. The number of rotatable bonds is 11. The van der Waals surface area contributed by atoms with Crippen molar-refractivity contribution in [3.8, 4) is 0 Å². The summed E-state index contributed by atoms with van der Waals surface area (Å²) in [6.45, 7) is 3.25. The van der Waals surface area contributed by atoms with E-state index in [0.29, 0.717) is 32.4 Å². The molecule has 2 aromatic rings. The number of aryl methyl sites for hydroxylation is 2. The number of likely N-dealkylation sites (N-methyl/N-ethyl adjacent to an activating group) is 1. The molecule has 2 saturated heterocycles. The zero-order chi connectivity index (χ0) is 30.4. The number of nitrogens with one attached hydrogen (secondary N) is 1. The average molecular weight is 600 g/mol. The van der Waals surface area contributed by atoms with Crippen molar-refractivity contribution >= 4 is 29.5 Å². The largest absolute Gasteiger partial charge is 0.387 e. The molecule has 4 rings (SSSR count). The van der Waals surface area contributed by atoms with Crippen molar-refractivity contribution < 1.29 is 34.4 Å². The Kier molecular flexibility index (Phi) is 11.2. The van der Waals surface area contributed by atoms with Gasteiger partial charge in [0.1, 0.15) is 29.9 Å². The molecule has 42 heavy (non-hydrogen) atoms. The third-order valence-corrected chi connectivity index (χ3v) is 8.86. The molecule has 2 aliphatic rings. The molecular formula is C31H41N3O7S. The maximum atomic E-state index is 12.3. The lowest BCUT2D eigenvalue weighted by molar-refractivity contribution is -0.200. The Hall–Kier alpha value is -2.80. The van der Waals surface area contributed by atoms with Gasteiger partial charge in [-0.05, 0) is 60.3 Å². The summed E-state index contributed by atoms with van der Waals surface area (Å²) in [6, 6.07) is 14.2. The maximum absolute atomic E-state index is 12.3. The number of piperazine rings is 1. The lowest BCUT2D eigenvalue weighted by Gasteiger charge is -2.40. The standard InChI is InChI=1S/C31H41N3O7S/c1-19-7-12-22(30-28(39)27(38)29(40)31(41-30)42-3)16-23(19)15-21-10-8-20(9-11-21)5-4-6-24(35)32-13-14-34-17-25(36)33(2)26(37)18-34/h7-12,16,27-31,38-40H,4-6,13-15,17-18H2,1-3H3,(H,32,35)/t27-,28-,29+,30+,31-/m1/s1. The van der Waals surface area contributed by atoms with E-state index in [2.05, 4.69) is 29.6 Å². The number of thioether (sulfide) groups is 1. The van der Waals surface area contributed by atoms with Crippen molar-refractivity contribution in [2.45, 2.75) is 62.5 Å². The second-order valence-corrected chi connectivity index (χ2v) is 12.0. The molecule has 2 fully saturated rings. The molecule has 0 unspecified atom stereocenters. The Morgan fingerprint density at radius 3 is 2.33 bits per heavy atom. The number of imide groups is 1. The fourth-order valence-electron chi connectivity index (χ4n) is 5.26. The Bertz CT molecular complexity index is 1240. The van der Waals surface area contributed by atoms with E-state index >= 15 is 0 Å². The highest BCUT2D eigenvalue weighted by molar-refractivity contribution is 7.99. The molecule has 2 heterocycles. The lowest BCUT2D eigenvalue weighted by atomic mass is 9.91. The summed E-state index contributed by atoms with van der Waals surface area (Å²) in [6.07, 6.45) is -0.0543. The molecule has 2 aliphatic heterocycles. The molecule has 10 nitrogen and oxygen atoms in total. The van der Waals surface area contributed by atoms with Gasteiger partial charge in [0.05, 0.1) is 13.1 Å². The Morgan fingerprint density at radius 2 is 1.67 bits per heavy atom. The second kappa shape index (κ2) is 14.6. The summed E-state index contributed by atoms with van der Waals surface area (Å²) < 4.78 is 5.94. The highest BCUT2D eigenvalue weighted by Gasteiger charge is 2.44. The number of carbonyl (C=O) groups is 3. The van der Waals surface area contributed by atoms with Crippen LogP contribution < -0.4 is 5.32 Å². The van der Waals surface area contributed by atoms with Gasteiger partial charge in [-0.15, -0.1) is 11.8 Å². The zero-order valence-corrected chi connectivity index (χ0v) is 25.2. The Balaban J connectivity index is 1.24. The van der Waals surface area contributed by atoms with E-state index in [-0.39, 0.29) is 30.8 Å². The summed E-state index contributed by atoms with van der Waals surface area (Å²) in [5, 5.41) is 34.0. The Morgan fingerprint density at radius 1 is 1.00 bits per heavy atom. The highest BCUT2D eigenvalue weighted by Crippen LogP contribution is 2.36. The fraction of sp³-hybridized carbons (Fsp3) is 0.516. The van der Waals surface area contributed by atoms with Gasteiger partial charge in [0.25, 0.3) is 0 Å². The predicted molar refractivity (Wildman–Crippen MR) is 160 cm³/mol. The molecule has 0 radical (unpaired) electrons. The van der Waals surface area contributed by atoms with Crippen LogP contribution in [0.3, 0.4) is 0 Å². The molecule has 2 aromatic carbocycles. The number of aliphatic hydroxyl groups is 3. The quantitative estimate of drug-likeness (QED) is 0.280. The number of hydrogen-bond donors (Lipinski definition) is 4. The summed E-state index contributed by atoms with van der Waals surface area (Å²) in [7, 11) is 1.49. The van der Waals surface area contributed by atoms with Crippen molar-refractivity contribution in [3.05, 3.63) is 70.3 Å². The van der Waals surface area contributed by atoms with E-state index in [1.165, 1.54) is 18.8 Å². The van der Waals surface area contributed by atoms with Crippen LogP contribution in [0.4, 0.5) is 0 Å². The summed E-state index contributed by atoms with van der Waals surface area (Å²) >= 11 is 1.30. The van der Waals surface area contributed by atoms with Crippen molar-refractivity contribution in [2.75, 3.05) is 39.5 Å². The molecule has 4 N–H and O–H groups in total. The molecule has 228 valence electrons. The number of nitrogens with zero attached hydrogens (tertiary/aromatic N) is 2. The molecule has 5 atom stereocenters. The van der Waals surface area contributed by atoms with Gasteiger partial charge in [-0.1, -0.05) is 42.5 Å². The lowest BCUT2D eigenvalue weighted by Crippen LogP contribution is -2.53. The molecule has 0 saturated carbocycles. The van der Waals surface area contributed by atoms with Gasteiger partial charge < -0.3 is 25.4 Å². The van der Waals surface area contributed by atoms with Crippen LogP contribution in [0.15, 0.2) is 42.5 Å². The summed E-state index contributed by atoms with van der Waals surface area (Å²) in [4.78, 5) is 38.7. The fourth-order valence-corrected chi connectivity index (χ4v) is 5.93. The average Bonchev–Trinajstić information content (AvgIpc) is 2.97. The maximum Gasteiger partial charge on any atom is 0.243 e. The minimum Gasteiger partial charge on any atom is -0.387 e. The Labute approximate surface area is 251 Å². The van der Waals surface area contributed by atoms with Gasteiger partial charge >= 0.3 is 0 Å². The molecule has 0 aliphatic carbocycles. The van der Waals surface area contributed by atoms with Gasteiger partial charge in [-0.2, -0.15) is 0 Å². The van der Waals surface area contributed by atoms with Crippen LogP contribution in [-0.4, -0.2) is 106 Å². The number of ether oxygens (including phenoxy) is 1. The zero-order valence-electron chi connectivity index (χ0n) is 24.4. The normalized spacial score (nSPS) is 25.1. The number of hydrogen-bond acceptors (Lipinski definition) is 9. The van der Waals surface area contributed by atoms with Gasteiger partial charge in [0, 0.05) is 26.6 Å². The number of amides is 3. The SMILES string of the molecule is CS[C@H]1O[C@@H](c2ccc(C)c(Cc3ccc(CCCC(=O)NCCN4CC(=O)N(C)C(=O)C4)cc3)c2)[C@H](O)[C@@H](O)[C@@H]1O. The van der Waals surface area contributed by atoms with E-state index in [0.717, 1.165) is 39.1 Å². The van der Waals surface area contributed by atoms with Gasteiger partial charge in [-0.3, -0.25) is 24.2 Å². The first kappa shape index (κ1) is 32.1. The van der Waals surface area contributed by atoms with E-state index in [9.17, 15) is 29.7 Å². The van der Waals surface area contributed by atoms with E-state index in [1.54, 1.807) is 11.2 Å². The molecule has 3 amide bonds. The first-order valence-electron chi connectivity index (χ1n) is 14.3. The minimum atomic E-state index is -1.29. The topological polar surface area (TPSA) is 140 Å². The van der Waals surface area contributed by atoms with Crippen LogP contribution in [0, 0.1) is 6.92 Å². The molecule has 0 spiro atoms. The van der Waals surface area contributed by atoms with Crippen molar-refractivity contribution in [1.29, 1.82) is 0 Å². The third kappa shape index (κ3) is 7.97. The van der Waals surface area contributed by atoms with Crippen LogP contribution in [0.25, 0.3) is 0 Å². The second-order valence-electron chi connectivity index (χ2n) is 11.1. The van der Waals surface area contributed by atoms with Gasteiger partial charge in [-0.25, -0.2) is 0 Å². The first-order chi connectivity index (χ1) is 20.1. The van der Waals surface area contributed by atoms with Crippen molar-refractivity contribution in [3.63, 3.8) is 0 Å². The molecule has 11 heteroatoms. The predicted octanol–water partition coefficient (Wildman–Crippen LogP) is 1.17. The molecule has 0 bridgehead atoms. The van der Waals surface area contributed by atoms with Crippen LogP contribution in [-0.2, 0) is 32.0 Å². The van der Waals surface area contributed by atoms with E-state index < -0.39 is 29.9 Å². The van der Waals surface area contributed by atoms with E-state index in [1.807, 2.05) is 25.1 Å². The van der Waals surface area contributed by atoms with Crippen molar-refractivity contribution in [2.24, 2.45) is 0 Å². The monoisotopic (exact) mass is 599 g/mol. The molecular weight excluding hydrogens is 558 g/mol. The van der Waals surface area contributed by atoms with Gasteiger partial charge in [0.2, 0.25) is 17.7 Å². The van der Waals surface area contributed by atoms with Crippen LogP contribution in [0.1, 0.15) is 46.8 Å². The smallest absolute Gasteiger partial charge is 0.243 e. The molecule has 0 aromatic heterocycles. The summed E-state index contributed by atoms with van der Waals surface area (Å²) in [5.74, 6) is -0.507. The highest BCUT2D eigenvalue weighted by atomic mass is 32.2.